The predicted molar refractivity (Wildman–Crippen MR) is 104 cm³/mol. The maximum absolute atomic E-state index is 12.2. The molecule has 1 amide bonds. The Balaban J connectivity index is 1.63. The summed E-state index contributed by atoms with van der Waals surface area (Å²) in [5.41, 5.74) is 1.24. The lowest BCUT2D eigenvalue weighted by molar-refractivity contribution is -0.117. The molecule has 1 aromatic carbocycles. The van der Waals surface area contributed by atoms with E-state index in [-0.39, 0.29) is 22.5 Å². The summed E-state index contributed by atoms with van der Waals surface area (Å²) in [5, 5.41) is 6.51. The number of aromatic nitrogens is 2. The molecule has 2 heterocycles. The molecule has 0 radical (unpaired) electrons. The van der Waals surface area contributed by atoms with Crippen molar-refractivity contribution in [3.05, 3.63) is 50.9 Å². The van der Waals surface area contributed by atoms with E-state index in [0.29, 0.717) is 5.69 Å². The van der Waals surface area contributed by atoms with Crippen molar-refractivity contribution in [1.29, 1.82) is 0 Å². The average molecular weight is 395 g/mol. The van der Waals surface area contributed by atoms with Crippen molar-refractivity contribution in [3.8, 4) is 0 Å². The van der Waals surface area contributed by atoms with Crippen LogP contribution in [0.5, 0.6) is 0 Å². The topological polar surface area (TPSA) is 67.2 Å². The highest BCUT2D eigenvalue weighted by Crippen LogP contribution is 2.21. The summed E-state index contributed by atoms with van der Waals surface area (Å²) in [6.45, 7) is 1.90. The minimum absolute atomic E-state index is 0.0671. The number of anilines is 2. The molecule has 0 unspecified atom stereocenters. The molecule has 0 saturated carbocycles. The van der Waals surface area contributed by atoms with Crippen LogP contribution < -0.4 is 15.8 Å². The van der Waals surface area contributed by atoms with Crippen LogP contribution >= 0.6 is 23.2 Å². The summed E-state index contributed by atoms with van der Waals surface area (Å²) in [4.78, 5) is 26.5. The largest absolute Gasteiger partial charge is 0.372 e. The van der Waals surface area contributed by atoms with Gasteiger partial charge in [0.25, 0.3) is 5.56 Å². The molecule has 1 saturated heterocycles. The van der Waals surface area contributed by atoms with Crippen LogP contribution in [0.3, 0.4) is 0 Å². The number of hydrogen-bond acceptors (Lipinski definition) is 4. The van der Waals surface area contributed by atoms with Gasteiger partial charge in [0, 0.05) is 24.5 Å². The molecular weight excluding hydrogens is 375 g/mol. The summed E-state index contributed by atoms with van der Waals surface area (Å²) < 4.78 is 0.981. The molecule has 1 aliphatic rings. The van der Waals surface area contributed by atoms with Gasteiger partial charge in [-0.25, -0.2) is 4.68 Å². The maximum atomic E-state index is 12.2. The van der Waals surface area contributed by atoms with Gasteiger partial charge in [-0.05, 0) is 37.1 Å². The summed E-state index contributed by atoms with van der Waals surface area (Å²) in [5.74, 6) is -0.361. The van der Waals surface area contributed by atoms with Gasteiger partial charge in [-0.15, -0.1) is 0 Å². The van der Waals surface area contributed by atoms with Gasteiger partial charge in [0.05, 0.1) is 11.2 Å². The normalized spacial score (nSPS) is 14.8. The SMILES string of the molecule is O=C(Cn1ncc(Cl)c(Cl)c1=O)Nc1ccc(N2CCCCCC2)cc1. The fourth-order valence-electron chi connectivity index (χ4n) is 2.98. The van der Waals surface area contributed by atoms with E-state index in [1.54, 1.807) is 0 Å². The van der Waals surface area contributed by atoms with Gasteiger partial charge in [-0.3, -0.25) is 9.59 Å². The van der Waals surface area contributed by atoms with Gasteiger partial charge in [0.1, 0.15) is 11.6 Å². The van der Waals surface area contributed by atoms with E-state index in [2.05, 4.69) is 15.3 Å². The van der Waals surface area contributed by atoms with Gasteiger partial charge in [-0.1, -0.05) is 36.0 Å². The smallest absolute Gasteiger partial charge is 0.287 e. The number of halogens is 2. The zero-order valence-corrected chi connectivity index (χ0v) is 15.8. The highest BCUT2D eigenvalue weighted by Gasteiger charge is 2.12. The lowest BCUT2D eigenvalue weighted by Crippen LogP contribution is -2.29. The second-order valence-corrected chi connectivity index (χ2v) is 7.05. The molecule has 138 valence electrons. The number of nitrogens with zero attached hydrogens (tertiary/aromatic N) is 3. The number of carbonyl (C=O) groups is 1. The van der Waals surface area contributed by atoms with Gasteiger partial charge in [0.15, 0.2) is 0 Å². The van der Waals surface area contributed by atoms with E-state index in [4.69, 9.17) is 23.2 Å². The fourth-order valence-corrected chi connectivity index (χ4v) is 3.25. The predicted octanol–water partition coefficient (Wildman–Crippen LogP) is 3.57. The zero-order chi connectivity index (χ0) is 18.5. The van der Waals surface area contributed by atoms with Crippen molar-refractivity contribution in [2.45, 2.75) is 32.2 Å². The summed E-state index contributed by atoms with van der Waals surface area (Å²) in [6.07, 6.45) is 6.24. The number of hydrogen-bond donors (Lipinski definition) is 1. The van der Waals surface area contributed by atoms with E-state index in [0.717, 1.165) is 23.5 Å². The fraction of sp³-hybridized carbons (Fsp3) is 0.389. The second kappa shape index (κ2) is 8.56. The summed E-state index contributed by atoms with van der Waals surface area (Å²) in [7, 11) is 0. The number of carbonyl (C=O) groups excluding carboxylic acids is 1. The Morgan fingerprint density at radius 3 is 2.38 bits per heavy atom. The van der Waals surface area contributed by atoms with Crippen molar-refractivity contribution < 1.29 is 4.79 Å². The van der Waals surface area contributed by atoms with Gasteiger partial charge in [0.2, 0.25) is 5.91 Å². The molecule has 1 aliphatic heterocycles. The maximum Gasteiger partial charge on any atom is 0.287 e. The van der Waals surface area contributed by atoms with Gasteiger partial charge < -0.3 is 10.2 Å². The Kier molecular flexibility index (Phi) is 6.16. The molecule has 6 nitrogen and oxygen atoms in total. The Labute approximate surface area is 161 Å². The van der Waals surface area contributed by atoms with Gasteiger partial charge in [-0.2, -0.15) is 5.10 Å². The minimum Gasteiger partial charge on any atom is -0.372 e. The Morgan fingerprint density at radius 2 is 1.73 bits per heavy atom. The summed E-state index contributed by atoms with van der Waals surface area (Å²) in [6, 6.07) is 7.74. The van der Waals surface area contributed by atoms with Crippen molar-refractivity contribution >= 4 is 40.5 Å². The molecular formula is C18H20Cl2N4O2. The van der Waals surface area contributed by atoms with Crippen LogP contribution in [0.15, 0.2) is 35.3 Å². The highest BCUT2D eigenvalue weighted by molar-refractivity contribution is 6.41. The molecule has 0 aliphatic carbocycles. The molecule has 1 aromatic heterocycles. The molecule has 1 N–H and O–H groups in total. The molecule has 1 fully saturated rings. The molecule has 3 rings (SSSR count). The number of rotatable bonds is 4. The first-order valence-electron chi connectivity index (χ1n) is 8.60. The quantitative estimate of drug-likeness (QED) is 0.860. The van der Waals surface area contributed by atoms with E-state index >= 15 is 0 Å². The third-order valence-electron chi connectivity index (χ3n) is 4.36. The van der Waals surface area contributed by atoms with Crippen LogP contribution in [0.4, 0.5) is 11.4 Å². The summed E-state index contributed by atoms with van der Waals surface area (Å²) >= 11 is 11.5. The Bertz CT molecular complexity index is 828. The van der Waals surface area contributed by atoms with Crippen molar-refractivity contribution in [3.63, 3.8) is 0 Å². The Morgan fingerprint density at radius 1 is 1.08 bits per heavy atom. The number of amides is 1. The lowest BCUT2D eigenvalue weighted by Gasteiger charge is -2.22. The lowest BCUT2D eigenvalue weighted by atomic mass is 10.2. The van der Waals surface area contributed by atoms with E-state index in [9.17, 15) is 9.59 Å². The standard InChI is InChI=1S/C18H20Cl2N4O2/c19-15-11-21-24(18(26)17(15)20)12-16(25)22-13-5-7-14(8-6-13)23-9-3-1-2-4-10-23/h5-8,11H,1-4,9-10,12H2,(H,22,25). The number of benzene rings is 1. The van der Waals surface area contributed by atoms with Crippen molar-refractivity contribution in [1.82, 2.24) is 9.78 Å². The number of nitrogens with one attached hydrogen (secondary N) is 1. The first-order valence-corrected chi connectivity index (χ1v) is 9.36. The Hall–Kier alpha value is -2.05. The van der Waals surface area contributed by atoms with Crippen LogP contribution in [0.1, 0.15) is 25.7 Å². The highest BCUT2D eigenvalue weighted by atomic mass is 35.5. The first-order chi connectivity index (χ1) is 12.5. The second-order valence-electron chi connectivity index (χ2n) is 6.27. The van der Waals surface area contributed by atoms with Gasteiger partial charge >= 0.3 is 0 Å². The van der Waals surface area contributed by atoms with Crippen molar-refractivity contribution in [2.75, 3.05) is 23.3 Å². The van der Waals surface area contributed by atoms with Crippen LogP contribution in [-0.2, 0) is 11.3 Å². The molecule has 2 aromatic rings. The zero-order valence-electron chi connectivity index (χ0n) is 14.3. The average Bonchev–Trinajstić information content (AvgIpc) is 2.92. The van der Waals surface area contributed by atoms with Crippen LogP contribution in [0.2, 0.25) is 10.0 Å². The first kappa shape index (κ1) is 18.7. The third kappa shape index (κ3) is 4.56. The third-order valence-corrected chi connectivity index (χ3v) is 5.11. The molecule has 8 heteroatoms. The van der Waals surface area contributed by atoms with E-state index in [1.165, 1.54) is 31.9 Å². The minimum atomic E-state index is -0.592. The monoisotopic (exact) mass is 394 g/mol. The molecule has 0 atom stereocenters. The van der Waals surface area contributed by atoms with E-state index < -0.39 is 5.56 Å². The molecule has 0 spiro atoms. The van der Waals surface area contributed by atoms with Crippen LogP contribution in [0, 0.1) is 0 Å². The van der Waals surface area contributed by atoms with Crippen LogP contribution in [0.25, 0.3) is 0 Å². The van der Waals surface area contributed by atoms with E-state index in [1.807, 2.05) is 24.3 Å². The van der Waals surface area contributed by atoms with Crippen LogP contribution in [-0.4, -0.2) is 28.8 Å². The van der Waals surface area contributed by atoms with Crippen molar-refractivity contribution in [2.24, 2.45) is 0 Å². The molecule has 26 heavy (non-hydrogen) atoms. The molecule has 0 bridgehead atoms.